The van der Waals surface area contributed by atoms with Crippen molar-refractivity contribution in [2.45, 2.75) is 64.7 Å². The van der Waals surface area contributed by atoms with Gasteiger partial charge in [0.1, 0.15) is 30.2 Å². The van der Waals surface area contributed by atoms with Gasteiger partial charge in [0.15, 0.2) is 0 Å². The van der Waals surface area contributed by atoms with Crippen LogP contribution in [-0.4, -0.2) is 68.3 Å². The topological polar surface area (TPSA) is 105 Å². The highest BCUT2D eigenvalue weighted by atomic mass is 19.1. The Morgan fingerprint density at radius 2 is 1.88 bits per heavy atom. The number of carboxylic acids is 1. The summed E-state index contributed by atoms with van der Waals surface area (Å²) in [5.74, 6) is -1.97. The number of nitrogens with two attached hydrogens (primary N) is 1. The van der Waals surface area contributed by atoms with Gasteiger partial charge in [-0.25, -0.2) is 27.7 Å². The molecule has 1 aliphatic rings. The predicted octanol–water partition coefficient (Wildman–Crippen LogP) is 5.62. The van der Waals surface area contributed by atoms with Crippen LogP contribution < -0.4 is 5.73 Å². The van der Waals surface area contributed by atoms with E-state index in [2.05, 4.69) is 0 Å². The van der Waals surface area contributed by atoms with Crippen LogP contribution in [0.25, 0.3) is 11.3 Å². The van der Waals surface area contributed by atoms with E-state index in [0.717, 1.165) is 23.8 Å². The molecule has 0 spiro atoms. The van der Waals surface area contributed by atoms with Gasteiger partial charge in [-0.2, -0.15) is 0 Å². The molecule has 2 amide bonds. The Balaban J connectivity index is 1.88. The third-order valence-electron chi connectivity index (χ3n) is 7.55. The zero-order valence-corrected chi connectivity index (χ0v) is 24.1. The molecule has 0 bridgehead atoms. The molecule has 1 saturated heterocycles. The average molecular weight is 586 g/mol. The lowest BCUT2D eigenvalue weighted by Gasteiger charge is -2.42. The molecule has 0 radical (unpaired) electrons. The summed E-state index contributed by atoms with van der Waals surface area (Å²) in [4.78, 5) is 33.8. The van der Waals surface area contributed by atoms with Crippen LogP contribution in [0.2, 0.25) is 0 Å². The van der Waals surface area contributed by atoms with E-state index in [1.807, 2.05) is 51.1 Å². The smallest absolute Gasteiger partial charge is 0.326 e. The predicted molar refractivity (Wildman–Crippen MR) is 153 cm³/mol. The zero-order chi connectivity index (χ0) is 30.6. The zero-order valence-electron chi connectivity index (χ0n) is 24.1. The number of amides is 2. The largest absolute Gasteiger partial charge is 0.480 e. The van der Waals surface area contributed by atoms with Crippen molar-refractivity contribution in [3.05, 3.63) is 77.8 Å². The molecule has 11 heteroatoms. The lowest BCUT2D eigenvalue weighted by molar-refractivity contribution is -0.141. The summed E-state index contributed by atoms with van der Waals surface area (Å²) in [6.07, 6.45) is 2.62. The lowest BCUT2D eigenvalue weighted by atomic mass is 9.84. The van der Waals surface area contributed by atoms with Crippen LogP contribution >= 0.6 is 0 Å². The van der Waals surface area contributed by atoms with Crippen molar-refractivity contribution in [2.75, 3.05) is 19.8 Å². The molecule has 42 heavy (non-hydrogen) atoms. The number of carboxylic acid groups (broad SMARTS) is 1. The fourth-order valence-electron chi connectivity index (χ4n) is 5.51. The number of alkyl halides is 1. The second-order valence-corrected chi connectivity index (χ2v) is 11.9. The molecule has 3 atom stereocenters. The molecule has 1 unspecified atom stereocenters. The summed E-state index contributed by atoms with van der Waals surface area (Å²) < 4.78 is 44.4. The van der Waals surface area contributed by atoms with Gasteiger partial charge in [-0.15, -0.1) is 0 Å². The molecule has 0 aliphatic carbocycles. The van der Waals surface area contributed by atoms with Crippen LogP contribution in [0, 0.1) is 17.0 Å². The first-order valence-corrected chi connectivity index (χ1v) is 14.1. The fraction of sp³-hybridized carbons (Fsp3) is 0.452. The van der Waals surface area contributed by atoms with Gasteiger partial charge in [-0.05, 0) is 48.4 Å². The maximum Gasteiger partial charge on any atom is 0.326 e. The normalized spacial score (nSPS) is 16.8. The van der Waals surface area contributed by atoms with Gasteiger partial charge in [-0.3, -0.25) is 0 Å². The number of urea groups is 1. The summed E-state index contributed by atoms with van der Waals surface area (Å²) in [5.41, 5.74) is 6.32. The van der Waals surface area contributed by atoms with Crippen LogP contribution in [0.5, 0.6) is 0 Å². The van der Waals surface area contributed by atoms with Crippen molar-refractivity contribution in [3.8, 4) is 11.3 Å². The Morgan fingerprint density at radius 1 is 1.17 bits per heavy atom. The minimum Gasteiger partial charge on any atom is -0.480 e. The number of likely N-dealkylation sites (tertiary alicyclic amines) is 1. The first kappa shape index (κ1) is 31.1. The van der Waals surface area contributed by atoms with E-state index in [1.165, 1.54) is 9.80 Å². The van der Waals surface area contributed by atoms with Gasteiger partial charge < -0.3 is 25.2 Å². The molecular weight excluding hydrogens is 547 g/mol. The molecule has 1 fully saturated rings. The summed E-state index contributed by atoms with van der Waals surface area (Å²) in [7, 11) is 0. The number of benzene rings is 2. The Labute approximate surface area is 243 Å². The summed E-state index contributed by atoms with van der Waals surface area (Å²) >= 11 is 0. The molecule has 1 aromatic heterocycles. The van der Waals surface area contributed by atoms with Crippen molar-refractivity contribution < 1.29 is 27.9 Å². The van der Waals surface area contributed by atoms with Crippen molar-refractivity contribution in [1.29, 1.82) is 0 Å². The van der Waals surface area contributed by atoms with Gasteiger partial charge in [0.05, 0.1) is 11.7 Å². The molecule has 1 aliphatic heterocycles. The second-order valence-electron chi connectivity index (χ2n) is 11.9. The summed E-state index contributed by atoms with van der Waals surface area (Å²) in [5, 5.41) is 9.81. The van der Waals surface area contributed by atoms with E-state index in [1.54, 1.807) is 10.8 Å². The number of aliphatic carboxylic acids is 1. The van der Waals surface area contributed by atoms with Crippen molar-refractivity contribution >= 4 is 12.0 Å². The maximum atomic E-state index is 14.9. The van der Waals surface area contributed by atoms with Crippen molar-refractivity contribution in [3.63, 3.8) is 0 Å². The maximum absolute atomic E-state index is 14.9. The van der Waals surface area contributed by atoms with Crippen LogP contribution in [0.15, 0.2) is 54.7 Å². The molecule has 4 rings (SSSR count). The Morgan fingerprint density at radius 3 is 2.52 bits per heavy atom. The number of carbonyl (C=O) groups excluding carboxylic acids is 1. The number of hydrogen-bond donors (Lipinski definition) is 2. The number of nitrogens with zero attached hydrogens (tertiary/aromatic N) is 4. The Bertz CT molecular complexity index is 1390. The molecule has 0 saturated carbocycles. The van der Waals surface area contributed by atoms with Gasteiger partial charge in [0.25, 0.3) is 0 Å². The van der Waals surface area contributed by atoms with Crippen molar-refractivity contribution in [1.82, 2.24) is 19.4 Å². The third-order valence-corrected chi connectivity index (χ3v) is 7.55. The van der Waals surface area contributed by atoms with Crippen molar-refractivity contribution in [2.24, 2.45) is 11.1 Å². The molecule has 2 heterocycles. The quantitative estimate of drug-likeness (QED) is 0.321. The highest BCUT2D eigenvalue weighted by Gasteiger charge is 2.43. The lowest BCUT2D eigenvalue weighted by Crippen LogP contribution is -2.52. The van der Waals surface area contributed by atoms with Gasteiger partial charge >= 0.3 is 12.0 Å². The van der Waals surface area contributed by atoms with Crippen LogP contribution in [0.3, 0.4) is 0 Å². The average Bonchev–Trinajstić information content (AvgIpc) is 3.59. The van der Waals surface area contributed by atoms with E-state index in [4.69, 9.17) is 10.7 Å². The number of aromatic nitrogens is 2. The Kier molecular flexibility index (Phi) is 9.60. The minimum absolute atomic E-state index is 0.0291. The molecule has 226 valence electrons. The third kappa shape index (κ3) is 6.95. The highest BCUT2D eigenvalue weighted by Crippen LogP contribution is 2.40. The van der Waals surface area contributed by atoms with Crippen LogP contribution in [0.1, 0.15) is 57.5 Å². The molecular formula is C31H38F3N5O3. The first-order valence-electron chi connectivity index (χ1n) is 14.1. The van der Waals surface area contributed by atoms with Gasteiger partial charge in [-0.1, -0.05) is 51.1 Å². The summed E-state index contributed by atoms with van der Waals surface area (Å²) in [6, 6.07) is 9.54. The number of carbonyl (C=O) groups is 2. The van der Waals surface area contributed by atoms with E-state index in [-0.39, 0.29) is 30.8 Å². The standard InChI is InChI=1S/C31H38F3N5O3/c1-31(2,3)27(39(15-13-22(35)17-32)30(42)38-14-7-10-26(38)29(40)41)28-36-25(23-16-21(33)11-12-24(23)34)19-37(28)18-20-8-5-4-6-9-20/h4-6,8-9,11-12,16,19,22,26-27H,7,10,13-15,17-18,35H2,1-3H3,(H,40,41)/t22?,26-,27-/m0/s1. The number of hydrogen-bond acceptors (Lipinski definition) is 4. The van der Waals surface area contributed by atoms with Gasteiger partial charge in [0, 0.05) is 37.4 Å². The number of imidazole rings is 1. The Hall–Kier alpha value is -3.86. The first-order chi connectivity index (χ1) is 19.9. The van der Waals surface area contributed by atoms with E-state index in [9.17, 15) is 27.9 Å². The number of halogens is 3. The van der Waals surface area contributed by atoms with E-state index < -0.39 is 53.8 Å². The van der Waals surface area contributed by atoms with Gasteiger partial charge in [0.2, 0.25) is 0 Å². The second kappa shape index (κ2) is 13.0. The molecule has 2 aromatic carbocycles. The molecule has 3 N–H and O–H groups in total. The monoisotopic (exact) mass is 585 g/mol. The van der Waals surface area contributed by atoms with E-state index >= 15 is 0 Å². The number of rotatable bonds is 10. The molecule has 8 nitrogen and oxygen atoms in total. The minimum atomic E-state index is -1.09. The summed E-state index contributed by atoms with van der Waals surface area (Å²) in [6.45, 7) is 5.57. The SMILES string of the molecule is CC(C)(C)[C@H](c1nc(-c2cc(F)ccc2F)cn1Cc1ccccc1)N(CCC(N)CF)C(=O)N1CCC[C@H]1C(=O)O. The van der Waals surface area contributed by atoms with Crippen LogP contribution in [0.4, 0.5) is 18.0 Å². The van der Waals surface area contributed by atoms with E-state index in [0.29, 0.717) is 25.2 Å². The highest BCUT2D eigenvalue weighted by molar-refractivity contribution is 5.83. The fourth-order valence-corrected chi connectivity index (χ4v) is 5.51. The molecule has 3 aromatic rings. The van der Waals surface area contributed by atoms with Crippen LogP contribution in [-0.2, 0) is 11.3 Å².